The Morgan fingerprint density at radius 1 is 1.42 bits per heavy atom. The van der Waals surface area contributed by atoms with Crippen LogP contribution >= 0.6 is 0 Å². The summed E-state index contributed by atoms with van der Waals surface area (Å²) in [5.41, 5.74) is -0.228. The second-order valence-corrected chi connectivity index (χ2v) is 4.22. The molecule has 0 bridgehead atoms. The number of pyridine rings is 1. The number of aromatic carboxylic acids is 1. The molecule has 0 atom stereocenters. The number of fused-ring (bicyclic) bond motifs is 1. The predicted molar refractivity (Wildman–Crippen MR) is 71.9 cm³/mol. The second-order valence-electron chi connectivity index (χ2n) is 4.22. The van der Waals surface area contributed by atoms with Crippen molar-refractivity contribution < 1.29 is 14.6 Å². The van der Waals surface area contributed by atoms with Gasteiger partial charge in [0.1, 0.15) is 11.3 Å². The minimum Gasteiger partial charge on any atom is -0.491 e. The van der Waals surface area contributed by atoms with Crippen LogP contribution in [-0.2, 0) is 0 Å². The van der Waals surface area contributed by atoms with Crippen LogP contribution in [0.4, 0.5) is 0 Å². The van der Waals surface area contributed by atoms with Crippen molar-refractivity contribution in [3.8, 4) is 5.75 Å². The molecule has 0 radical (unpaired) electrons. The lowest BCUT2D eigenvalue weighted by molar-refractivity contribution is 0.0695. The molecule has 0 spiro atoms. The molecule has 2 rings (SSSR count). The summed E-state index contributed by atoms with van der Waals surface area (Å²) in [6, 6.07) is 5.03. The molecule has 0 aliphatic rings. The third-order valence-corrected chi connectivity index (χ3v) is 2.86. The van der Waals surface area contributed by atoms with E-state index in [1.165, 1.54) is 6.20 Å². The zero-order valence-electron chi connectivity index (χ0n) is 10.6. The Hall–Kier alpha value is -2.30. The smallest absolute Gasteiger partial charge is 0.341 e. The Balaban J connectivity index is 2.49. The molecule has 0 unspecified atom stereocenters. The van der Waals surface area contributed by atoms with E-state index in [2.05, 4.69) is 11.9 Å². The highest BCUT2D eigenvalue weighted by atomic mass is 16.5. The number of H-pyrrole nitrogens is 1. The number of hydrogen-bond acceptors (Lipinski definition) is 3. The summed E-state index contributed by atoms with van der Waals surface area (Å²) >= 11 is 0. The predicted octanol–water partition coefficient (Wildman–Crippen LogP) is 2.41. The van der Waals surface area contributed by atoms with E-state index >= 15 is 0 Å². The summed E-state index contributed by atoms with van der Waals surface area (Å²) in [7, 11) is 0. The van der Waals surface area contributed by atoms with Crippen LogP contribution in [0.3, 0.4) is 0 Å². The van der Waals surface area contributed by atoms with Gasteiger partial charge in [-0.15, -0.1) is 0 Å². The van der Waals surface area contributed by atoms with Gasteiger partial charge in [-0.1, -0.05) is 19.4 Å². The van der Waals surface area contributed by atoms with E-state index in [0.29, 0.717) is 23.3 Å². The standard InChI is InChI=1S/C14H15NO4/c1-2-3-7-19-11-6-4-5-9-12(11)15-8-10(13(9)16)14(17)18/h4-6,8H,2-3,7H2,1H3,(H,15,16)(H,17,18). The molecule has 1 aromatic carbocycles. The van der Waals surface area contributed by atoms with E-state index in [0.717, 1.165) is 12.8 Å². The highest BCUT2D eigenvalue weighted by Gasteiger charge is 2.13. The van der Waals surface area contributed by atoms with Crippen LogP contribution in [0.25, 0.3) is 10.9 Å². The number of carboxylic acid groups (broad SMARTS) is 1. The van der Waals surface area contributed by atoms with Crippen molar-refractivity contribution in [3.05, 3.63) is 40.2 Å². The second kappa shape index (κ2) is 5.56. The van der Waals surface area contributed by atoms with Crippen molar-refractivity contribution in [2.75, 3.05) is 6.61 Å². The summed E-state index contributed by atoms with van der Waals surface area (Å²) in [5, 5.41) is 9.24. The first-order valence-electron chi connectivity index (χ1n) is 6.15. The van der Waals surface area contributed by atoms with Crippen molar-refractivity contribution in [1.29, 1.82) is 0 Å². The zero-order valence-corrected chi connectivity index (χ0v) is 10.6. The molecular weight excluding hydrogens is 246 g/mol. The molecule has 1 heterocycles. The van der Waals surface area contributed by atoms with Gasteiger partial charge in [0, 0.05) is 6.20 Å². The van der Waals surface area contributed by atoms with Crippen LogP contribution in [0.1, 0.15) is 30.1 Å². The van der Waals surface area contributed by atoms with Gasteiger partial charge in [-0.05, 0) is 18.6 Å². The third kappa shape index (κ3) is 2.59. The highest BCUT2D eigenvalue weighted by Crippen LogP contribution is 2.21. The van der Waals surface area contributed by atoms with Crippen LogP contribution < -0.4 is 10.2 Å². The van der Waals surface area contributed by atoms with Gasteiger partial charge >= 0.3 is 5.97 Å². The molecular formula is C14H15NO4. The first-order chi connectivity index (χ1) is 9.15. The van der Waals surface area contributed by atoms with E-state index in [4.69, 9.17) is 9.84 Å². The largest absolute Gasteiger partial charge is 0.491 e. The monoisotopic (exact) mass is 261 g/mol. The zero-order chi connectivity index (χ0) is 13.8. The molecule has 2 N–H and O–H groups in total. The average Bonchev–Trinajstić information content (AvgIpc) is 2.39. The molecule has 0 amide bonds. The lowest BCUT2D eigenvalue weighted by atomic mass is 10.1. The normalized spacial score (nSPS) is 10.6. The van der Waals surface area contributed by atoms with Gasteiger partial charge in [0.25, 0.3) is 0 Å². The number of unbranched alkanes of at least 4 members (excludes halogenated alkanes) is 1. The van der Waals surface area contributed by atoms with Gasteiger partial charge in [-0.25, -0.2) is 4.79 Å². The molecule has 1 aromatic heterocycles. The first-order valence-corrected chi connectivity index (χ1v) is 6.15. The summed E-state index contributed by atoms with van der Waals surface area (Å²) in [6.45, 7) is 2.63. The average molecular weight is 261 g/mol. The molecule has 2 aromatic rings. The number of ether oxygens (including phenoxy) is 1. The lowest BCUT2D eigenvalue weighted by Gasteiger charge is -2.08. The van der Waals surface area contributed by atoms with Crippen molar-refractivity contribution in [2.45, 2.75) is 19.8 Å². The number of carboxylic acids is 1. The maximum atomic E-state index is 12.0. The van der Waals surface area contributed by atoms with Crippen LogP contribution in [0.15, 0.2) is 29.2 Å². The fraction of sp³-hybridized carbons (Fsp3) is 0.286. The Labute approximate surface area is 109 Å². The van der Waals surface area contributed by atoms with E-state index in [9.17, 15) is 9.59 Å². The van der Waals surface area contributed by atoms with E-state index in [-0.39, 0.29) is 5.56 Å². The van der Waals surface area contributed by atoms with E-state index in [1.54, 1.807) is 18.2 Å². The Morgan fingerprint density at radius 3 is 2.89 bits per heavy atom. The van der Waals surface area contributed by atoms with Crippen molar-refractivity contribution in [1.82, 2.24) is 4.98 Å². The highest BCUT2D eigenvalue weighted by molar-refractivity contribution is 5.93. The number of para-hydroxylation sites is 1. The molecule has 0 saturated heterocycles. The third-order valence-electron chi connectivity index (χ3n) is 2.86. The van der Waals surface area contributed by atoms with Gasteiger partial charge in [0.05, 0.1) is 17.5 Å². The van der Waals surface area contributed by atoms with Crippen molar-refractivity contribution in [2.24, 2.45) is 0 Å². The molecule has 100 valence electrons. The molecule has 0 fully saturated rings. The first kappa shape index (κ1) is 13.1. The van der Waals surface area contributed by atoms with Gasteiger partial charge in [0.15, 0.2) is 0 Å². The SMILES string of the molecule is CCCCOc1cccc2c(=O)c(C(=O)O)c[nH]c12. The number of rotatable bonds is 5. The summed E-state index contributed by atoms with van der Waals surface area (Å²) in [6.07, 6.45) is 3.15. The lowest BCUT2D eigenvalue weighted by Crippen LogP contribution is -2.15. The van der Waals surface area contributed by atoms with Crippen LogP contribution in [-0.4, -0.2) is 22.7 Å². The minimum atomic E-state index is -1.24. The minimum absolute atomic E-state index is 0.266. The van der Waals surface area contributed by atoms with Crippen LogP contribution in [0.2, 0.25) is 0 Å². The number of benzene rings is 1. The van der Waals surface area contributed by atoms with Crippen molar-refractivity contribution >= 4 is 16.9 Å². The number of hydrogen-bond donors (Lipinski definition) is 2. The fourth-order valence-electron chi connectivity index (χ4n) is 1.83. The molecule has 19 heavy (non-hydrogen) atoms. The molecule has 0 saturated carbocycles. The molecule has 0 aliphatic heterocycles. The number of nitrogens with one attached hydrogen (secondary N) is 1. The van der Waals surface area contributed by atoms with Crippen LogP contribution in [0, 0.1) is 0 Å². The quantitative estimate of drug-likeness (QED) is 0.810. The van der Waals surface area contributed by atoms with Gasteiger partial charge < -0.3 is 14.8 Å². The maximum absolute atomic E-state index is 12.0. The number of carbonyl (C=O) groups is 1. The van der Waals surface area contributed by atoms with Gasteiger partial charge in [-0.2, -0.15) is 0 Å². The number of aromatic nitrogens is 1. The Kier molecular flexibility index (Phi) is 3.85. The molecule has 5 heteroatoms. The Morgan fingerprint density at radius 2 is 2.21 bits per heavy atom. The van der Waals surface area contributed by atoms with Gasteiger partial charge in [-0.3, -0.25) is 4.79 Å². The molecule has 5 nitrogen and oxygen atoms in total. The summed E-state index contributed by atoms with van der Waals surface area (Å²) < 4.78 is 5.60. The van der Waals surface area contributed by atoms with Gasteiger partial charge in [0.2, 0.25) is 5.43 Å². The summed E-state index contributed by atoms with van der Waals surface area (Å²) in [4.78, 5) is 25.7. The maximum Gasteiger partial charge on any atom is 0.341 e. The fourth-order valence-corrected chi connectivity index (χ4v) is 1.83. The molecule has 0 aliphatic carbocycles. The topological polar surface area (TPSA) is 79.4 Å². The van der Waals surface area contributed by atoms with E-state index in [1.807, 2.05) is 0 Å². The number of aromatic amines is 1. The van der Waals surface area contributed by atoms with Crippen LogP contribution in [0.5, 0.6) is 5.75 Å². The Bertz CT molecular complexity index is 660. The van der Waals surface area contributed by atoms with Crippen molar-refractivity contribution in [3.63, 3.8) is 0 Å². The van der Waals surface area contributed by atoms with E-state index < -0.39 is 11.4 Å². The summed E-state index contributed by atoms with van der Waals surface area (Å²) in [5.74, 6) is -0.666.